The van der Waals surface area contributed by atoms with E-state index in [9.17, 15) is 0 Å². The van der Waals surface area contributed by atoms with Gasteiger partial charge in [0.1, 0.15) is 0 Å². The fourth-order valence-electron chi connectivity index (χ4n) is 7.89. The molecule has 4 heterocycles. The molecule has 234 valence electrons. The van der Waals surface area contributed by atoms with Crippen LogP contribution in [-0.2, 0) is 0 Å². The van der Waals surface area contributed by atoms with Crippen molar-refractivity contribution in [2.75, 3.05) is 4.90 Å². The van der Waals surface area contributed by atoms with Crippen molar-refractivity contribution in [2.45, 2.75) is 6.04 Å². The van der Waals surface area contributed by atoms with Gasteiger partial charge in [0, 0.05) is 58.7 Å². The summed E-state index contributed by atoms with van der Waals surface area (Å²) >= 11 is 1.81. The molecule has 0 fully saturated rings. The van der Waals surface area contributed by atoms with E-state index in [0.29, 0.717) is 17.6 Å². The van der Waals surface area contributed by atoms with E-state index in [1.807, 2.05) is 18.2 Å². The first-order valence-corrected chi connectivity index (χ1v) is 17.6. The topological polar surface area (TPSA) is 46.8 Å². The molecular formula is C44H27N5S. The molecular weight excluding hydrogens is 631 g/mol. The highest BCUT2D eigenvalue weighted by Crippen LogP contribution is 2.45. The number of hydrogen-bond donors (Lipinski definition) is 0. The minimum Gasteiger partial charge on any atom is -0.309 e. The van der Waals surface area contributed by atoms with E-state index < -0.39 is 0 Å². The normalized spacial score (nSPS) is 14.7. The Labute approximate surface area is 291 Å². The summed E-state index contributed by atoms with van der Waals surface area (Å²) in [5.74, 6) is 1.95. The van der Waals surface area contributed by atoms with E-state index in [4.69, 9.17) is 15.0 Å². The Balaban J connectivity index is 1.16. The van der Waals surface area contributed by atoms with Crippen LogP contribution in [0.15, 0.2) is 152 Å². The molecule has 0 amide bonds. The van der Waals surface area contributed by atoms with Crippen LogP contribution in [0.2, 0.25) is 0 Å². The Bertz CT molecular complexity index is 2940. The predicted molar refractivity (Wildman–Crippen MR) is 205 cm³/mol. The molecule has 1 aliphatic carbocycles. The van der Waals surface area contributed by atoms with Crippen LogP contribution in [0.4, 0.5) is 11.6 Å². The Morgan fingerprint density at radius 1 is 0.540 bits per heavy atom. The SMILES string of the molecule is C1=c2c(n(-c3ccccc3)c3ccccc23)=C2c3ccccc3N(c3nc(-c4ccccc4)nc(-c4ccc5c(c4)sc4ccccc45)n3)C12. The van der Waals surface area contributed by atoms with Crippen LogP contribution >= 0.6 is 11.3 Å². The molecule has 50 heavy (non-hydrogen) atoms. The summed E-state index contributed by atoms with van der Waals surface area (Å²) < 4.78 is 4.92. The van der Waals surface area contributed by atoms with E-state index in [2.05, 4.69) is 149 Å². The summed E-state index contributed by atoms with van der Waals surface area (Å²) in [6, 6.07) is 53.4. The fourth-order valence-corrected chi connectivity index (χ4v) is 9.04. The zero-order valence-electron chi connectivity index (χ0n) is 26.7. The molecule has 0 saturated heterocycles. The lowest BCUT2D eigenvalue weighted by atomic mass is 10.0. The molecule has 0 spiro atoms. The number of thiophene rings is 1. The van der Waals surface area contributed by atoms with Crippen molar-refractivity contribution in [3.8, 4) is 28.5 Å². The third-order valence-electron chi connectivity index (χ3n) is 10.0. The molecule has 1 atom stereocenters. The van der Waals surface area contributed by atoms with Gasteiger partial charge in [-0.15, -0.1) is 11.3 Å². The Morgan fingerprint density at radius 3 is 2.08 bits per heavy atom. The zero-order chi connectivity index (χ0) is 32.8. The van der Waals surface area contributed by atoms with E-state index in [1.54, 1.807) is 11.3 Å². The fraction of sp³-hybridized carbons (Fsp3) is 0.0227. The standard InChI is InChI=1S/C44H27N5S/c1-3-13-27(14-4-1)42-45-43(28-23-24-32-31-18-9-12-22-38(31)50-39(32)25-28)47-44(46-42)49-36-21-11-8-19-33(36)40-37(49)26-34-30-17-7-10-20-35(30)48(41(34)40)29-15-5-2-6-16-29/h1-26,37H. The van der Waals surface area contributed by atoms with Crippen LogP contribution in [0.3, 0.4) is 0 Å². The molecule has 11 rings (SSSR count). The number of rotatable bonds is 4. The average molecular weight is 658 g/mol. The third kappa shape index (κ3) is 3.97. The Hall–Kier alpha value is -6.37. The van der Waals surface area contributed by atoms with Gasteiger partial charge in [-0.25, -0.2) is 4.98 Å². The van der Waals surface area contributed by atoms with Gasteiger partial charge in [-0.2, -0.15) is 9.97 Å². The van der Waals surface area contributed by atoms with Gasteiger partial charge in [0.05, 0.1) is 22.6 Å². The number of para-hydroxylation sites is 3. The maximum Gasteiger partial charge on any atom is 0.234 e. The molecule has 2 aliphatic rings. The highest BCUT2D eigenvalue weighted by Gasteiger charge is 2.40. The summed E-state index contributed by atoms with van der Waals surface area (Å²) in [6.07, 6.45) is 2.40. The van der Waals surface area contributed by atoms with Gasteiger partial charge in [-0.3, -0.25) is 4.90 Å². The quantitative estimate of drug-likeness (QED) is 0.190. The number of nitrogens with zero attached hydrogens (tertiary/aromatic N) is 5. The molecule has 1 aliphatic heterocycles. The average Bonchev–Trinajstić information content (AvgIpc) is 3.91. The van der Waals surface area contributed by atoms with Crippen molar-refractivity contribution >= 4 is 65.7 Å². The smallest absolute Gasteiger partial charge is 0.234 e. The van der Waals surface area contributed by atoms with Crippen molar-refractivity contribution in [2.24, 2.45) is 0 Å². The van der Waals surface area contributed by atoms with Crippen molar-refractivity contribution in [1.29, 1.82) is 0 Å². The summed E-state index contributed by atoms with van der Waals surface area (Å²) in [5, 5.41) is 6.25. The number of benzene rings is 6. The molecule has 0 N–H and O–H groups in total. The summed E-state index contributed by atoms with van der Waals surface area (Å²) in [4.78, 5) is 17.9. The van der Waals surface area contributed by atoms with Gasteiger partial charge in [0.25, 0.3) is 0 Å². The predicted octanol–water partition coefficient (Wildman–Crippen LogP) is 9.03. The number of fused-ring (bicyclic) bond motifs is 9. The van der Waals surface area contributed by atoms with Gasteiger partial charge in [-0.05, 0) is 42.5 Å². The molecule has 6 aromatic carbocycles. The number of anilines is 2. The molecule has 1 unspecified atom stereocenters. The first-order chi connectivity index (χ1) is 24.8. The highest BCUT2D eigenvalue weighted by atomic mass is 32.1. The molecule has 0 bridgehead atoms. The maximum absolute atomic E-state index is 5.29. The van der Waals surface area contributed by atoms with Crippen LogP contribution in [0.1, 0.15) is 5.56 Å². The molecule has 6 heteroatoms. The second kappa shape index (κ2) is 10.6. The monoisotopic (exact) mass is 657 g/mol. The van der Waals surface area contributed by atoms with Gasteiger partial charge < -0.3 is 4.57 Å². The van der Waals surface area contributed by atoms with Gasteiger partial charge in [-0.1, -0.05) is 115 Å². The second-order valence-electron chi connectivity index (χ2n) is 12.8. The van der Waals surface area contributed by atoms with Crippen LogP contribution in [0.25, 0.3) is 71.2 Å². The van der Waals surface area contributed by atoms with E-state index >= 15 is 0 Å². The van der Waals surface area contributed by atoms with Crippen LogP contribution in [-0.4, -0.2) is 25.6 Å². The first-order valence-electron chi connectivity index (χ1n) is 16.8. The Morgan fingerprint density at radius 2 is 1.22 bits per heavy atom. The van der Waals surface area contributed by atoms with Crippen LogP contribution in [0, 0.1) is 0 Å². The Kier molecular flexibility index (Phi) is 5.82. The first kappa shape index (κ1) is 27.6. The molecule has 5 nitrogen and oxygen atoms in total. The lowest BCUT2D eigenvalue weighted by molar-refractivity contribution is 0.936. The largest absolute Gasteiger partial charge is 0.309 e. The lowest BCUT2D eigenvalue weighted by Gasteiger charge is -2.23. The summed E-state index contributed by atoms with van der Waals surface area (Å²) in [7, 11) is 0. The number of hydrogen-bond acceptors (Lipinski definition) is 5. The van der Waals surface area contributed by atoms with Crippen LogP contribution < -0.4 is 15.5 Å². The third-order valence-corrected chi connectivity index (χ3v) is 11.2. The van der Waals surface area contributed by atoms with Gasteiger partial charge >= 0.3 is 0 Å². The minimum absolute atomic E-state index is 0.0825. The van der Waals surface area contributed by atoms with E-state index in [-0.39, 0.29) is 6.04 Å². The maximum atomic E-state index is 5.29. The molecule has 3 aromatic heterocycles. The van der Waals surface area contributed by atoms with Crippen molar-refractivity contribution < 1.29 is 0 Å². The van der Waals surface area contributed by atoms with Gasteiger partial charge in [0.2, 0.25) is 5.95 Å². The van der Waals surface area contributed by atoms with Crippen molar-refractivity contribution in [3.05, 3.63) is 168 Å². The van der Waals surface area contributed by atoms with Crippen molar-refractivity contribution in [1.82, 2.24) is 19.5 Å². The van der Waals surface area contributed by atoms with Crippen LogP contribution in [0.5, 0.6) is 0 Å². The van der Waals surface area contributed by atoms with Crippen molar-refractivity contribution in [3.63, 3.8) is 0 Å². The molecule has 9 aromatic rings. The lowest BCUT2D eigenvalue weighted by Crippen LogP contribution is -2.29. The molecule has 0 radical (unpaired) electrons. The van der Waals surface area contributed by atoms with E-state index in [1.165, 1.54) is 52.8 Å². The summed E-state index contributed by atoms with van der Waals surface area (Å²) in [5.41, 5.74) is 7.84. The second-order valence-corrected chi connectivity index (χ2v) is 13.9. The summed E-state index contributed by atoms with van der Waals surface area (Å²) in [6.45, 7) is 0. The highest BCUT2D eigenvalue weighted by molar-refractivity contribution is 7.25. The van der Waals surface area contributed by atoms with Gasteiger partial charge in [0.15, 0.2) is 11.6 Å². The molecule has 0 saturated carbocycles. The number of aromatic nitrogens is 4. The zero-order valence-corrected chi connectivity index (χ0v) is 27.5. The minimum atomic E-state index is -0.0825. The van der Waals surface area contributed by atoms with E-state index in [0.717, 1.165) is 22.5 Å².